The summed E-state index contributed by atoms with van der Waals surface area (Å²) in [4.78, 5) is 20.4. The Hall–Kier alpha value is -2.43. The van der Waals surface area contributed by atoms with Crippen molar-refractivity contribution in [2.24, 2.45) is 0 Å². The van der Waals surface area contributed by atoms with Gasteiger partial charge in [0.05, 0.1) is 6.04 Å². The molecule has 2 aromatic rings. The zero-order chi connectivity index (χ0) is 22.4. The summed E-state index contributed by atoms with van der Waals surface area (Å²) in [5.41, 5.74) is 3.15. The minimum absolute atomic E-state index is 0.0419. The lowest BCUT2D eigenvalue weighted by atomic mass is 9.90. The van der Waals surface area contributed by atoms with E-state index < -0.39 is 0 Å². The Bertz CT molecular complexity index is 862. The Morgan fingerprint density at radius 1 is 1.03 bits per heavy atom. The highest BCUT2D eigenvalue weighted by Gasteiger charge is 2.36. The fraction of sp³-hybridized carbons (Fsp3) is 0.444. The van der Waals surface area contributed by atoms with E-state index in [1.165, 1.54) is 5.56 Å². The standard InChI is InChI=1S/C27H37N3O/c1-6-18-29-19-22(5)30(20-21(29)4)26(23-14-10-9-11-15-23)24-16-12-13-17-25(24)27(31)28(7-2)8-3/h6,9-17,21-22,26H,1,7-8,18-20H2,2-5H3/t21-,22+,26-/m1/s1. The molecule has 166 valence electrons. The van der Waals surface area contributed by atoms with Gasteiger partial charge in [-0.1, -0.05) is 54.6 Å². The van der Waals surface area contributed by atoms with Gasteiger partial charge in [0, 0.05) is 50.4 Å². The van der Waals surface area contributed by atoms with Crippen molar-refractivity contribution in [1.29, 1.82) is 0 Å². The summed E-state index contributed by atoms with van der Waals surface area (Å²) in [6.45, 7) is 16.9. The van der Waals surface area contributed by atoms with Crippen molar-refractivity contribution in [2.75, 3.05) is 32.7 Å². The first-order valence-electron chi connectivity index (χ1n) is 11.6. The van der Waals surface area contributed by atoms with E-state index in [1.807, 2.05) is 37.0 Å². The van der Waals surface area contributed by atoms with E-state index in [0.717, 1.165) is 30.8 Å². The third-order valence-corrected chi connectivity index (χ3v) is 6.51. The van der Waals surface area contributed by atoms with Gasteiger partial charge in [-0.3, -0.25) is 14.6 Å². The number of hydrogen-bond acceptors (Lipinski definition) is 3. The number of benzene rings is 2. The molecule has 2 aromatic carbocycles. The van der Waals surface area contributed by atoms with E-state index in [0.29, 0.717) is 25.2 Å². The first-order valence-corrected chi connectivity index (χ1v) is 11.6. The van der Waals surface area contributed by atoms with E-state index in [-0.39, 0.29) is 11.9 Å². The number of piperazine rings is 1. The topological polar surface area (TPSA) is 26.8 Å². The zero-order valence-corrected chi connectivity index (χ0v) is 19.5. The maximum Gasteiger partial charge on any atom is 0.254 e. The van der Waals surface area contributed by atoms with Crippen LogP contribution in [0, 0.1) is 0 Å². The van der Waals surface area contributed by atoms with Gasteiger partial charge in [-0.2, -0.15) is 0 Å². The minimum Gasteiger partial charge on any atom is -0.339 e. The Kier molecular flexibility index (Phi) is 8.05. The van der Waals surface area contributed by atoms with Crippen molar-refractivity contribution in [1.82, 2.24) is 14.7 Å². The minimum atomic E-state index is 0.0419. The molecule has 0 bridgehead atoms. The van der Waals surface area contributed by atoms with Crippen LogP contribution in [0.1, 0.15) is 55.2 Å². The van der Waals surface area contributed by atoms with Crippen molar-refractivity contribution >= 4 is 5.91 Å². The Balaban J connectivity index is 2.07. The van der Waals surface area contributed by atoms with Crippen LogP contribution in [0.25, 0.3) is 0 Å². The van der Waals surface area contributed by atoms with Crippen molar-refractivity contribution < 1.29 is 4.79 Å². The van der Waals surface area contributed by atoms with Gasteiger partial charge >= 0.3 is 0 Å². The molecule has 4 nitrogen and oxygen atoms in total. The maximum atomic E-state index is 13.4. The molecule has 31 heavy (non-hydrogen) atoms. The van der Waals surface area contributed by atoms with Gasteiger partial charge in [-0.05, 0) is 44.9 Å². The molecule has 0 saturated carbocycles. The molecule has 0 N–H and O–H groups in total. The molecule has 1 amide bonds. The monoisotopic (exact) mass is 419 g/mol. The summed E-state index contributed by atoms with van der Waals surface area (Å²) >= 11 is 0. The molecule has 0 radical (unpaired) electrons. The van der Waals surface area contributed by atoms with Gasteiger partial charge in [0.2, 0.25) is 0 Å². The molecule has 0 spiro atoms. The normalized spacial score (nSPS) is 20.9. The molecular weight excluding hydrogens is 382 g/mol. The van der Waals surface area contributed by atoms with Crippen LogP contribution in [0.5, 0.6) is 0 Å². The molecule has 1 aliphatic rings. The molecule has 0 aliphatic carbocycles. The van der Waals surface area contributed by atoms with Crippen LogP contribution in [-0.2, 0) is 0 Å². The average molecular weight is 420 g/mol. The number of hydrogen-bond donors (Lipinski definition) is 0. The number of carbonyl (C=O) groups excluding carboxylic acids is 1. The number of carbonyl (C=O) groups is 1. The SMILES string of the molecule is C=CCN1C[C@H](C)N([C@H](c2ccccc2)c2ccccc2C(=O)N(CC)CC)C[C@H]1C. The maximum absolute atomic E-state index is 13.4. The molecular formula is C27H37N3O. The highest BCUT2D eigenvalue weighted by molar-refractivity contribution is 5.96. The van der Waals surface area contributed by atoms with Gasteiger partial charge in [-0.25, -0.2) is 0 Å². The van der Waals surface area contributed by atoms with Gasteiger partial charge < -0.3 is 4.90 Å². The summed E-state index contributed by atoms with van der Waals surface area (Å²) in [7, 11) is 0. The Morgan fingerprint density at radius 2 is 1.68 bits per heavy atom. The summed E-state index contributed by atoms with van der Waals surface area (Å²) in [6, 6.07) is 19.6. The van der Waals surface area contributed by atoms with Crippen LogP contribution in [0.15, 0.2) is 67.3 Å². The third-order valence-electron chi connectivity index (χ3n) is 6.51. The van der Waals surface area contributed by atoms with Crippen LogP contribution in [-0.4, -0.2) is 65.4 Å². The van der Waals surface area contributed by atoms with E-state index in [1.54, 1.807) is 0 Å². The number of nitrogens with zero attached hydrogens (tertiary/aromatic N) is 3. The molecule has 3 rings (SSSR count). The van der Waals surface area contributed by atoms with Crippen molar-refractivity contribution in [3.63, 3.8) is 0 Å². The van der Waals surface area contributed by atoms with Crippen LogP contribution in [0.4, 0.5) is 0 Å². The second kappa shape index (κ2) is 10.7. The predicted molar refractivity (Wildman–Crippen MR) is 129 cm³/mol. The molecule has 1 saturated heterocycles. The lowest BCUT2D eigenvalue weighted by Gasteiger charge is -2.47. The smallest absolute Gasteiger partial charge is 0.254 e. The quantitative estimate of drug-likeness (QED) is 0.573. The van der Waals surface area contributed by atoms with E-state index in [2.05, 4.69) is 72.7 Å². The van der Waals surface area contributed by atoms with Gasteiger partial charge in [0.15, 0.2) is 0 Å². The number of amides is 1. The molecule has 3 atom stereocenters. The second-order valence-electron chi connectivity index (χ2n) is 8.52. The summed E-state index contributed by atoms with van der Waals surface area (Å²) in [5, 5.41) is 0. The molecule has 4 heteroatoms. The Morgan fingerprint density at radius 3 is 2.32 bits per heavy atom. The van der Waals surface area contributed by atoms with Gasteiger partial charge in [0.1, 0.15) is 0 Å². The first kappa shape index (κ1) is 23.2. The first-order chi connectivity index (χ1) is 15.0. The molecule has 1 heterocycles. The predicted octanol–water partition coefficient (Wildman–Crippen LogP) is 4.84. The lowest BCUT2D eigenvalue weighted by molar-refractivity contribution is 0.0302. The second-order valence-corrected chi connectivity index (χ2v) is 8.52. The van der Waals surface area contributed by atoms with Crippen LogP contribution >= 0.6 is 0 Å². The largest absolute Gasteiger partial charge is 0.339 e. The van der Waals surface area contributed by atoms with Gasteiger partial charge in [0.25, 0.3) is 5.91 Å². The van der Waals surface area contributed by atoms with Crippen molar-refractivity contribution in [3.8, 4) is 0 Å². The molecule has 1 fully saturated rings. The van der Waals surface area contributed by atoms with E-state index in [4.69, 9.17) is 0 Å². The van der Waals surface area contributed by atoms with Crippen LogP contribution in [0.2, 0.25) is 0 Å². The van der Waals surface area contributed by atoms with E-state index >= 15 is 0 Å². The highest BCUT2D eigenvalue weighted by atomic mass is 16.2. The summed E-state index contributed by atoms with van der Waals surface area (Å²) in [6.07, 6.45) is 1.99. The summed E-state index contributed by atoms with van der Waals surface area (Å²) in [5.74, 6) is 0.118. The average Bonchev–Trinajstić information content (AvgIpc) is 2.79. The van der Waals surface area contributed by atoms with Gasteiger partial charge in [-0.15, -0.1) is 6.58 Å². The zero-order valence-electron chi connectivity index (χ0n) is 19.5. The molecule has 0 unspecified atom stereocenters. The molecule has 0 aromatic heterocycles. The lowest BCUT2D eigenvalue weighted by Crippen LogP contribution is -2.57. The third kappa shape index (κ3) is 5.08. The van der Waals surface area contributed by atoms with E-state index in [9.17, 15) is 4.79 Å². The summed E-state index contributed by atoms with van der Waals surface area (Å²) < 4.78 is 0. The van der Waals surface area contributed by atoms with Crippen LogP contribution in [0.3, 0.4) is 0 Å². The van der Waals surface area contributed by atoms with Crippen molar-refractivity contribution in [2.45, 2.75) is 45.8 Å². The fourth-order valence-electron chi connectivity index (χ4n) is 4.80. The highest BCUT2D eigenvalue weighted by Crippen LogP contribution is 2.35. The fourth-order valence-corrected chi connectivity index (χ4v) is 4.80. The van der Waals surface area contributed by atoms with Crippen LogP contribution < -0.4 is 0 Å². The molecule has 1 aliphatic heterocycles. The number of rotatable bonds is 8. The Labute approximate surface area is 188 Å². The van der Waals surface area contributed by atoms with Crippen molar-refractivity contribution in [3.05, 3.63) is 83.9 Å².